The molecule has 2 rings (SSSR count). The second-order valence-corrected chi connectivity index (χ2v) is 3.99. The molecule has 0 aromatic heterocycles. The quantitative estimate of drug-likeness (QED) is 0.482. The van der Waals surface area contributed by atoms with Crippen molar-refractivity contribution in [1.29, 1.82) is 0 Å². The number of alkyl halides is 2. The van der Waals surface area contributed by atoms with Crippen LogP contribution < -0.4 is 0 Å². The van der Waals surface area contributed by atoms with Gasteiger partial charge in [0.1, 0.15) is 0 Å². The van der Waals surface area contributed by atoms with E-state index < -0.39 is 24.1 Å². The molecule has 1 unspecified atom stereocenters. The van der Waals surface area contributed by atoms with Crippen LogP contribution in [0.3, 0.4) is 0 Å². The normalized spacial score (nSPS) is 34.5. The van der Waals surface area contributed by atoms with Crippen molar-refractivity contribution in [2.75, 3.05) is 13.2 Å². The summed E-state index contributed by atoms with van der Waals surface area (Å²) in [6, 6.07) is 0. The van der Waals surface area contributed by atoms with Crippen molar-refractivity contribution in [2.45, 2.75) is 24.6 Å². The molecule has 1 aliphatic carbocycles. The van der Waals surface area contributed by atoms with E-state index >= 15 is 0 Å². The highest BCUT2D eigenvalue weighted by atomic mass is 19.4. The SMILES string of the molecule is F[B-](F)(F)C1C(F)(F)C12CCOCC2. The molecular weight excluding hydrogens is 206 g/mol. The topological polar surface area (TPSA) is 9.23 Å². The van der Waals surface area contributed by atoms with Crippen LogP contribution in [0.2, 0.25) is 5.82 Å². The molecule has 2 aliphatic rings. The summed E-state index contributed by atoms with van der Waals surface area (Å²) in [7, 11) is 0. The summed E-state index contributed by atoms with van der Waals surface area (Å²) >= 11 is 0. The number of halogens is 5. The van der Waals surface area contributed by atoms with E-state index in [0.29, 0.717) is 0 Å². The lowest BCUT2D eigenvalue weighted by molar-refractivity contribution is -0.00817. The molecule has 82 valence electrons. The van der Waals surface area contributed by atoms with Gasteiger partial charge in [-0.25, -0.2) is 8.78 Å². The van der Waals surface area contributed by atoms with Crippen molar-refractivity contribution in [3.63, 3.8) is 0 Å². The maximum Gasteiger partial charge on any atom is 0.488 e. The first-order valence-electron chi connectivity index (χ1n) is 4.48. The summed E-state index contributed by atoms with van der Waals surface area (Å²) in [5.41, 5.74) is -1.83. The minimum atomic E-state index is -5.44. The Morgan fingerprint density at radius 1 is 1.07 bits per heavy atom. The van der Waals surface area contributed by atoms with Gasteiger partial charge in [0.2, 0.25) is 5.92 Å². The molecular formula is C7H9BF5O-. The average Bonchev–Trinajstić information content (AvgIpc) is 2.47. The second kappa shape index (κ2) is 2.62. The van der Waals surface area contributed by atoms with Gasteiger partial charge >= 0.3 is 6.98 Å². The number of hydrogen-bond acceptors (Lipinski definition) is 1. The van der Waals surface area contributed by atoms with Gasteiger partial charge in [0, 0.05) is 24.4 Å². The van der Waals surface area contributed by atoms with Gasteiger partial charge in [-0.05, 0) is 12.8 Å². The van der Waals surface area contributed by atoms with Crippen molar-refractivity contribution in [1.82, 2.24) is 0 Å². The molecule has 1 aliphatic heterocycles. The smallest absolute Gasteiger partial charge is 0.449 e. The van der Waals surface area contributed by atoms with Gasteiger partial charge in [-0.3, -0.25) is 0 Å². The lowest BCUT2D eigenvalue weighted by Gasteiger charge is -2.24. The van der Waals surface area contributed by atoms with Crippen LogP contribution in [0, 0.1) is 5.41 Å². The first kappa shape index (κ1) is 10.2. The Kier molecular flexibility index (Phi) is 1.91. The molecule has 7 heteroatoms. The lowest BCUT2D eigenvalue weighted by atomic mass is 9.75. The zero-order chi connectivity index (χ0) is 10.6. The van der Waals surface area contributed by atoms with Crippen LogP contribution >= 0.6 is 0 Å². The third-order valence-corrected chi connectivity index (χ3v) is 3.33. The molecule has 1 atom stereocenters. The Bertz CT molecular complexity index is 245. The Balaban J connectivity index is 2.22. The monoisotopic (exact) mass is 215 g/mol. The Morgan fingerprint density at radius 3 is 1.93 bits per heavy atom. The zero-order valence-electron chi connectivity index (χ0n) is 7.28. The third-order valence-electron chi connectivity index (χ3n) is 3.33. The summed E-state index contributed by atoms with van der Waals surface area (Å²) in [6.45, 7) is -5.41. The second-order valence-electron chi connectivity index (χ2n) is 3.99. The van der Waals surface area contributed by atoms with E-state index in [9.17, 15) is 21.7 Å². The first-order chi connectivity index (χ1) is 6.32. The van der Waals surface area contributed by atoms with Crippen molar-refractivity contribution < 1.29 is 26.5 Å². The van der Waals surface area contributed by atoms with E-state index in [2.05, 4.69) is 0 Å². The zero-order valence-corrected chi connectivity index (χ0v) is 7.28. The molecule has 0 aromatic rings. The molecule has 0 N–H and O–H groups in total. The fourth-order valence-corrected chi connectivity index (χ4v) is 2.52. The van der Waals surface area contributed by atoms with Crippen LogP contribution in [0.25, 0.3) is 0 Å². The highest BCUT2D eigenvalue weighted by molar-refractivity contribution is 6.62. The Morgan fingerprint density at radius 2 is 1.57 bits per heavy atom. The van der Waals surface area contributed by atoms with Crippen LogP contribution in [0.5, 0.6) is 0 Å². The third kappa shape index (κ3) is 1.11. The molecule has 1 saturated heterocycles. The fourth-order valence-electron chi connectivity index (χ4n) is 2.52. The highest BCUT2D eigenvalue weighted by Gasteiger charge is 2.83. The van der Waals surface area contributed by atoms with Crippen molar-refractivity contribution in [3.05, 3.63) is 0 Å². The molecule has 0 bridgehead atoms. The Labute approximate surface area is 77.7 Å². The predicted octanol–water partition coefficient (Wildman–Crippen LogP) is 2.65. The molecule has 0 amide bonds. The lowest BCUT2D eigenvalue weighted by Crippen LogP contribution is -2.25. The molecule has 1 nitrogen and oxygen atoms in total. The van der Waals surface area contributed by atoms with Gasteiger partial charge in [0.05, 0.1) is 0 Å². The van der Waals surface area contributed by atoms with Crippen molar-refractivity contribution in [2.24, 2.45) is 5.41 Å². The van der Waals surface area contributed by atoms with Gasteiger partial charge in [0.25, 0.3) is 0 Å². The summed E-state index contributed by atoms with van der Waals surface area (Å²) in [5, 5.41) is 0. The fraction of sp³-hybridized carbons (Fsp3) is 1.00. The Hall–Kier alpha value is -0.325. The first-order valence-corrected chi connectivity index (χ1v) is 4.48. The van der Waals surface area contributed by atoms with Gasteiger partial charge < -0.3 is 17.7 Å². The molecule has 0 aromatic carbocycles. The van der Waals surface area contributed by atoms with Crippen LogP contribution in [0.1, 0.15) is 12.8 Å². The van der Waals surface area contributed by atoms with Gasteiger partial charge in [-0.1, -0.05) is 0 Å². The minimum Gasteiger partial charge on any atom is -0.449 e. The van der Waals surface area contributed by atoms with Crippen LogP contribution in [-0.4, -0.2) is 26.1 Å². The molecule has 2 fully saturated rings. The van der Waals surface area contributed by atoms with E-state index in [4.69, 9.17) is 4.74 Å². The minimum absolute atomic E-state index is 0.0122. The van der Waals surface area contributed by atoms with Crippen molar-refractivity contribution in [3.8, 4) is 0 Å². The van der Waals surface area contributed by atoms with E-state index in [0.717, 1.165) is 0 Å². The van der Waals surface area contributed by atoms with Gasteiger partial charge in [-0.15, -0.1) is 0 Å². The molecule has 14 heavy (non-hydrogen) atoms. The summed E-state index contributed by atoms with van der Waals surface area (Å²) < 4.78 is 67.9. The van der Waals surface area contributed by atoms with E-state index in [1.807, 2.05) is 0 Å². The number of rotatable bonds is 1. The maximum atomic E-state index is 13.1. The van der Waals surface area contributed by atoms with Crippen LogP contribution in [-0.2, 0) is 4.74 Å². The summed E-state index contributed by atoms with van der Waals surface area (Å²) in [4.78, 5) is 0. The van der Waals surface area contributed by atoms with Gasteiger partial charge in [0.15, 0.2) is 0 Å². The average molecular weight is 215 g/mol. The highest BCUT2D eigenvalue weighted by Crippen LogP contribution is 2.78. The number of hydrogen-bond donors (Lipinski definition) is 0. The summed E-state index contributed by atoms with van der Waals surface area (Å²) in [5.74, 6) is -5.95. The predicted molar refractivity (Wildman–Crippen MR) is 40.3 cm³/mol. The summed E-state index contributed by atoms with van der Waals surface area (Å²) in [6.07, 6.45) is -0.349. The maximum absolute atomic E-state index is 13.1. The van der Waals surface area contributed by atoms with E-state index in [-0.39, 0.29) is 26.1 Å². The van der Waals surface area contributed by atoms with Crippen LogP contribution in [0.15, 0.2) is 0 Å². The molecule has 1 spiro atoms. The van der Waals surface area contributed by atoms with E-state index in [1.165, 1.54) is 0 Å². The van der Waals surface area contributed by atoms with Gasteiger partial charge in [-0.2, -0.15) is 0 Å². The number of ether oxygens (including phenoxy) is 1. The molecule has 1 heterocycles. The molecule has 1 saturated carbocycles. The standard InChI is InChI=1S/C7H9BF5O/c9-7(10)5(8(11,12)13)6(7)1-3-14-4-2-6/h5H,1-4H2/q-1. The van der Waals surface area contributed by atoms with Crippen LogP contribution in [0.4, 0.5) is 21.7 Å². The van der Waals surface area contributed by atoms with Crippen molar-refractivity contribution >= 4 is 6.98 Å². The molecule has 0 radical (unpaired) electrons. The van der Waals surface area contributed by atoms with E-state index in [1.54, 1.807) is 0 Å². The largest absolute Gasteiger partial charge is 0.488 e.